The normalized spacial score (nSPS) is 23.8. The smallest absolute Gasteiger partial charge is 0.0948 e. The molecule has 2 atom stereocenters. The van der Waals surface area contributed by atoms with Crippen LogP contribution in [0.5, 0.6) is 0 Å². The molecule has 2 heterocycles. The monoisotopic (exact) mass is 236 g/mol. The van der Waals surface area contributed by atoms with Crippen molar-refractivity contribution in [2.24, 2.45) is 11.7 Å². The van der Waals surface area contributed by atoms with E-state index in [0.717, 1.165) is 19.0 Å². The fourth-order valence-electron chi connectivity index (χ4n) is 2.84. The Balaban J connectivity index is 2.15. The Hall–Kier alpha value is -0.870. The third-order valence-electron chi connectivity index (χ3n) is 3.78. The summed E-state index contributed by atoms with van der Waals surface area (Å²) in [7, 11) is 0. The molecule has 2 N–H and O–H groups in total. The third kappa shape index (κ3) is 2.69. The van der Waals surface area contributed by atoms with Gasteiger partial charge in [-0.15, -0.1) is 0 Å². The Bertz CT molecular complexity index is 347. The number of nitrogens with zero attached hydrogens (tertiary/aromatic N) is 3. The number of likely N-dealkylation sites (tertiary alicyclic amines) is 1. The molecule has 1 aliphatic heterocycles. The highest BCUT2D eigenvalue weighted by Gasteiger charge is 2.25. The van der Waals surface area contributed by atoms with Gasteiger partial charge in [0.2, 0.25) is 0 Å². The Morgan fingerprint density at radius 3 is 3.06 bits per heavy atom. The van der Waals surface area contributed by atoms with Gasteiger partial charge in [0.15, 0.2) is 0 Å². The molecule has 0 spiro atoms. The van der Waals surface area contributed by atoms with Crippen molar-refractivity contribution in [3.05, 3.63) is 18.2 Å². The van der Waals surface area contributed by atoms with Crippen LogP contribution in [0.1, 0.15) is 38.4 Å². The summed E-state index contributed by atoms with van der Waals surface area (Å²) < 4.78 is 2.21. The molecule has 2 unspecified atom stereocenters. The minimum absolute atomic E-state index is 0.334. The summed E-state index contributed by atoms with van der Waals surface area (Å²) in [6.45, 7) is 8.46. The van der Waals surface area contributed by atoms with Crippen LogP contribution in [0.3, 0.4) is 0 Å². The maximum Gasteiger partial charge on any atom is 0.0948 e. The standard InChI is InChI=1S/C13H24N4/c1-3-16-10-15-8-13(16)12(7-14)17-6-4-5-11(2)9-17/h8,10-12H,3-7,9,14H2,1-2H3. The summed E-state index contributed by atoms with van der Waals surface area (Å²) in [5.41, 5.74) is 7.25. The van der Waals surface area contributed by atoms with Crippen LogP contribution in [-0.2, 0) is 6.54 Å². The molecule has 1 fully saturated rings. The van der Waals surface area contributed by atoms with Gasteiger partial charge in [-0.3, -0.25) is 4.90 Å². The van der Waals surface area contributed by atoms with Crippen LogP contribution in [0.25, 0.3) is 0 Å². The predicted molar refractivity (Wildman–Crippen MR) is 69.7 cm³/mol. The van der Waals surface area contributed by atoms with Gasteiger partial charge in [0, 0.05) is 25.8 Å². The number of aryl methyl sites for hydroxylation is 1. The molecule has 17 heavy (non-hydrogen) atoms. The molecule has 1 aliphatic rings. The van der Waals surface area contributed by atoms with E-state index in [0.29, 0.717) is 12.6 Å². The number of imidazole rings is 1. The first-order valence-corrected chi connectivity index (χ1v) is 6.70. The fraction of sp³-hybridized carbons (Fsp3) is 0.769. The van der Waals surface area contributed by atoms with Gasteiger partial charge in [-0.1, -0.05) is 6.92 Å². The van der Waals surface area contributed by atoms with Gasteiger partial charge in [-0.25, -0.2) is 4.98 Å². The maximum atomic E-state index is 5.98. The SMILES string of the molecule is CCn1cncc1C(CN)N1CCCC(C)C1. The molecule has 1 aromatic rings. The topological polar surface area (TPSA) is 47.1 Å². The summed E-state index contributed by atoms with van der Waals surface area (Å²) in [4.78, 5) is 6.78. The van der Waals surface area contributed by atoms with Gasteiger partial charge in [-0.05, 0) is 32.2 Å². The van der Waals surface area contributed by atoms with Gasteiger partial charge in [0.05, 0.1) is 18.1 Å². The van der Waals surface area contributed by atoms with E-state index in [1.807, 2.05) is 12.5 Å². The number of aromatic nitrogens is 2. The molecule has 0 bridgehead atoms. The fourth-order valence-corrected chi connectivity index (χ4v) is 2.84. The molecular formula is C13H24N4. The molecule has 2 rings (SSSR count). The molecule has 4 nitrogen and oxygen atoms in total. The second kappa shape index (κ2) is 5.65. The van der Waals surface area contributed by atoms with Gasteiger partial charge in [-0.2, -0.15) is 0 Å². The van der Waals surface area contributed by atoms with Crippen molar-refractivity contribution >= 4 is 0 Å². The zero-order valence-corrected chi connectivity index (χ0v) is 11.0. The zero-order valence-electron chi connectivity index (χ0n) is 11.0. The average Bonchev–Trinajstić information content (AvgIpc) is 2.78. The quantitative estimate of drug-likeness (QED) is 0.864. The molecule has 1 aromatic heterocycles. The zero-order chi connectivity index (χ0) is 12.3. The summed E-state index contributed by atoms with van der Waals surface area (Å²) in [6, 6.07) is 0.334. The molecular weight excluding hydrogens is 212 g/mol. The van der Waals surface area contributed by atoms with Crippen LogP contribution in [0.4, 0.5) is 0 Å². The largest absolute Gasteiger partial charge is 0.333 e. The van der Waals surface area contributed by atoms with E-state index < -0.39 is 0 Å². The van der Waals surface area contributed by atoms with Crippen molar-refractivity contribution in [2.75, 3.05) is 19.6 Å². The van der Waals surface area contributed by atoms with E-state index in [4.69, 9.17) is 5.73 Å². The Morgan fingerprint density at radius 1 is 1.59 bits per heavy atom. The Morgan fingerprint density at radius 2 is 2.41 bits per heavy atom. The van der Waals surface area contributed by atoms with Crippen LogP contribution in [0.2, 0.25) is 0 Å². The number of rotatable bonds is 4. The van der Waals surface area contributed by atoms with E-state index in [1.165, 1.54) is 25.1 Å². The van der Waals surface area contributed by atoms with Crippen LogP contribution in [-0.4, -0.2) is 34.1 Å². The minimum Gasteiger partial charge on any atom is -0.333 e. The Labute approximate surface area is 104 Å². The number of hydrogen-bond donors (Lipinski definition) is 1. The Kier molecular flexibility index (Phi) is 4.18. The number of nitrogens with two attached hydrogens (primary N) is 1. The van der Waals surface area contributed by atoms with Crippen LogP contribution >= 0.6 is 0 Å². The van der Waals surface area contributed by atoms with Gasteiger partial charge in [0.25, 0.3) is 0 Å². The van der Waals surface area contributed by atoms with Crippen LogP contribution < -0.4 is 5.73 Å². The summed E-state index contributed by atoms with van der Waals surface area (Å²) >= 11 is 0. The number of piperidine rings is 1. The van der Waals surface area contributed by atoms with E-state index in [9.17, 15) is 0 Å². The lowest BCUT2D eigenvalue weighted by molar-refractivity contribution is 0.128. The second-order valence-electron chi connectivity index (χ2n) is 5.10. The molecule has 4 heteroatoms. The lowest BCUT2D eigenvalue weighted by Crippen LogP contribution is -2.41. The minimum atomic E-state index is 0.334. The van der Waals surface area contributed by atoms with E-state index in [1.54, 1.807) is 0 Å². The molecule has 96 valence electrons. The average molecular weight is 236 g/mol. The van der Waals surface area contributed by atoms with Gasteiger partial charge < -0.3 is 10.3 Å². The lowest BCUT2D eigenvalue weighted by Gasteiger charge is -2.36. The van der Waals surface area contributed by atoms with Crippen molar-refractivity contribution in [3.63, 3.8) is 0 Å². The molecule has 0 amide bonds. The summed E-state index contributed by atoms with van der Waals surface area (Å²) in [5.74, 6) is 0.788. The van der Waals surface area contributed by atoms with Gasteiger partial charge >= 0.3 is 0 Å². The maximum absolute atomic E-state index is 5.98. The summed E-state index contributed by atoms with van der Waals surface area (Å²) in [5, 5.41) is 0. The molecule has 0 saturated carbocycles. The van der Waals surface area contributed by atoms with Crippen LogP contribution in [0.15, 0.2) is 12.5 Å². The van der Waals surface area contributed by atoms with Crippen molar-refractivity contribution in [3.8, 4) is 0 Å². The van der Waals surface area contributed by atoms with Crippen molar-refractivity contribution < 1.29 is 0 Å². The first kappa shape index (κ1) is 12.6. The highest BCUT2D eigenvalue weighted by atomic mass is 15.2. The van der Waals surface area contributed by atoms with E-state index >= 15 is 0 Å². The molecule has 0 radical (unpaired) electrons. The van der Waals surface area contributed by atoms with Crippen molar-refractivity contribution in [1.82, 2.24) is 14.5 Å². The van der Waals surface area contributed by atoms with Crippen molar-refractivity contribution in [2.45, 2.75) is 39.3 Å². The summed E-state index contributed by atoms with van der Waals surface area (Å²) in [6.07, 6.45) is 6.52. The molecule has 0 aliphatic carbocycles. The van der Waals surface area contributed by atoms with E-state index in [-0.39, 0.29) is 0 Å². The van der Waals surface area contributed by atoms with E-state index in [2.05, 4.69) is 28.3 Å². The molecule has 0 aromatic carbocycles. The second-order valence-corrected chi connectivity index (χ2v) is 5.10. The first-order valence-electron chi connectivity index (χ1n) is 6.70. The van der Waals surface area contributed by atoms with Crippen molar-refractivity contribution in [1.29, 1.82) is 0 Å². The third-order valence-corrected chi connectivity index (χ3v) is 3.78. The first-order chi connectivity index (χ1) is 8.26. The molecule has 1 saturated heterocycles. The lowest BCUT2D eigenvalue weighted by atomic mass is 9.98. The number of hydrogen-bond acceptors (Lipinski definition) is 3. The predicted octanol–water partition coefficient (Wildman–Crippen LogP) is 1.63. The highest BCUT2D eigenvalue weighted by molar-refractivity contribution is 5.07. The highest BCUT2D eigenvalue weighted by Crippen LogP contribution is 2.25. The van der Waals surface area contributed by atoms with Gasteiger partial charge in [0.1, 0.15) is 0 Å². The van der Waals surface area contributed by atoms with Crippen LogP contribution in [0, 0.1) is 5.92 Å².